The van der Waals surface area contributed by atoms with E-state index >= 15 is 0 Å². The zero-order chi connectivity index (χ0) is 84.6. The lowest BCUT2D eigenvalue weighted by Crippen LogP contribution is -2.95. The van der Waals surface area contributed by atoms with E-state index in [1.165, 1.54) is 285 Å². The van der Waals surface area contributed by atoms with Gasteiger partial charge in [-0.15, -0.1) is 0 Å². The van der Waals surface area contributed by atoms with E-state index in [1.807, 2.05) is 21.3 Å². The quantitative estimate of drug-likeness (QED) is 0.0721. The standard InChI is InChI=1S/4C12H23N.4C9H17NO5/c4*1-3-7-11(8-4-1)13-12-9-5-2-6-10-12;4*1-5(11)6(7(12)13)10-8(14)15-9(2,3)4/h4*11-13H,1-10H2;4*5-6,11H,1-4H3,(H,10,14)(H,12,13)/t;;;;4*5-,6+/m....1111/s1. The Labute approximate surface area is 673 Å². The lowest BCUT2D eigenvalue weighted by atomic mass is 9.91. The van der Waals surface area contributed by atoms with Gasteiger partial charge in [0.1, 0.15) is 22.4 Å². The molecule has 0 aliphatic heterocycles. The number of carbonyl (C=O) groups is 8. The smallest absolute Gasteiger partial charge is 0.408 e. The highest BCUT2D eigenvalue weighted by atomic mass is 16.6. The second-order valence-corrected chi connectivity index (χ2v) is 36.7. The third kappa shape index (κ3) is 55.2. The predicted molar refractivity (Wildman–Crippen MR) is 422 cm³/mol. The molecule has 656 valence electrons. The maximum atomic E-state index is 11.1. The summed E-state index contributed by atoms with van der Waals surface area (Å²) in [4.78, 5) is 86.6. The second kappa shape index (κ2) is 56.9. The minimum Gasteiger partial charge on any atom is -0.548 e. The molecule has 0 heterocycles. The molecule has 8 fully saturated rings. The molecule has 8 aliphatic rings. The van der Waals surface area contributed by atoms with E-state index in [4.69, 9.17) is 39.4 Å². The van der Waals surface area contributed by atoms with Gasteiger partial charge in [0.05, 0.1) is 121 Å². The molecule has 28 heteroatoms. The average Bonchev–Trinajstić information content (AvgIpc) is 0.881. The first-order valence-corrected chi connectivity index (χ1v) is 43.3. The van der Waals surface area contributed by atoms with Crippen LogP contribution in [0.4, 0.5) is 19.2 Å². The highest BCUT2D eigenvalue weighted by Gasteiger charge is 2.31. The van der Waals surface area contributed by atoms with Gasteiger partial charge in [0, 0.05) is 0 Å². The number of carboxylic acid groups (broad SMARTS) is 4. The number of hydrogen-bond donors (Lipinski definition) is 12. The average molecular weight is 1600 g/mol. The number of nitrogens with two attached hydrogens (primary N) is 4. The van der Waals surface area contributed by atoms with E-state index in [9.17, 15) is 58.8 Å². The lowest BCUT2D eigenvalue weighted by molar-refractivity contribution is -0.726. The van der Waals surface area contributed by atoms with Crippen LogP contribution in [0.2, 0.25) is 0 Å². The fourth-order valence-electron chi connectivity index (χ4n) is 15.4. The van der Waals surface area contributed by atoms with E-state index in [-0.39, 0.29) is 0 Å². The van der Waals surface area contributed by atoms with Crippen molar-refractivity contribution in [2.45, 2.75) is 487 Å². The molecule has 8 aliphatic carbocycles. The van der Waals surface area contributed by atoms with Crippen LogP contribution in [0, 0.1) is 0 Å². The number of rotatable bonds is 20. The molecule has 0 spiro atoms. The summed E-state index contributed by atoms with van der Waals surface area (Å²) in [6.45, 7) is 24.6. The molecule has 112 heavy (non-hydrogen) atoms. The zero-order valence-corrected chi connectivity index (χ0v) is 72.2. The Morgan fingerprint density at radius 2 is 0.357 bits per heavy atom. The fraction of sp³-hybridized carbons (Fsp3) is 0.905. The van der Waals surface area contributed by atoms with Crippen molar-refractivity contribution < 1.29 is 119 Å². The normalized spacial score (nSPS) is 21.0. The predicted octanol–water partition coefficient (Wildman–Crippen LogP) is 4.90. The van der Waals surface area contributed by atoms with Crippen molar-refractivity contribution in [1.29, 1.82) is 0 Å². The number of nitrogens with one attached hydrogen (secondary N) is 4. The second-order valence-electron chi connectivity index (χ2n) is 36.7. The molecule has 8 atom stereocenters. The van der Waals surface area contributed by atoms with E-state index < -0.39 is 119 Å². The molecule has 0 bridgehead atoms. The number of quaternary nitrogens is 4. The molecule has 0 saturated heterocycles. The summed E-state index contributed by atoms with van der Waals surface area (Å²) in [5, 5.41) is 97.0. The molecular formula is C84H160N8O20. The number of aliphatic carboxylic acids is 4. The Morgan fingerprint density at radius 1 is 0.250 bits per heavy atom. The van der Waals surface area contributed by atoms with E-state index in [2.05, 4.69) is 21.3 Å². The number of amides is 4. The number of alkyl carbamates (subject to hydrolysis) is 4. The monoisotopic (exact) mass is 1600 g/mol. The minimum absolute atomic E-state index is 0.723. The van der Waals surface area contributed by atoms with Gasteiger partial charge in [0.2, 0.25) is 0 Å². The van der Waals surface area contributed by atoms with Gasteiger partial charge in [-0.2, -0.15) is 0 Å². The van der Waals surface area contributed by atoms with Gasteiger partial charge in [-0.05, 0) is 316 Å². The van der Waals surface area contributed by atoms with Gasteiger partial charge in [-0.25, -0.2) is 19.2 Å². The first kappa shape index (κ1) is 105. The van der Waals surface area contributed by atoms with Crippen molar-refractivity contribution in [3.05, 3.63) is 0 Å². The molecular weight excluding hydrogens is 1440 g/mol. The molecule has 8 saturated carbocycles. The van der Waals surface area contributed by atoms with Crippen molar-refractivity contribution in [1.82, 2.24) is 21.3 Å². The van der Waals surface area contributed by atoms with Gasteiger partial charge < -0.3 is 122 Å². The van der Waals surface area contributed by atoms with Crippen LogP contribution in [-0.2, 0) is 38.1 Å². The number of carbonyl (C=O) groups excluding carboxylic acids is 8. The largest absolute Gasteiger partial charge is 0.548 e. The van der Waals surface area contributed by atoms with Crippen LogP contribution in [0.5, 0.6) is 0 Å². The highest BCUT2D eigenvalue weighted by Crippen LogP contribution is 2.23. The van der Waals surface area contributed by atoms with Crippen molar-refractivity contribution >= 4 is 48.3 Å². The molecule has 0 aromatic heterocycles. The molecule has 0 aromatic carbocycles. The van der Waals surface area contributed by atoms with Crippen molar-refractivity contribution in [3.63, 3.8) is 0 Å². The number of carboxylic acids is 4. The van der Waals surface area contributed by atoms with Crippen LogP contribution in [0.25, 0.3) is 0 Å². The molecule has 8 rings (SSSR count). The topological polar surface area (TPSA) is 461 Å². The summed E-state index contributed by atoms with van der Waals surface area (Å²) >= 11 is 0. The number of aliphatic hydroxyl groups is 4. The minimum atomic E-state index is -1.56. The van der Waals surface area contributed by atoms with Crippen LogP contribution in [0.15, 0.2) is 0 Å². The third-order valence-corrected chi connectivity index (χ3v) is 21.0. The first-order chi connectivity index (χ1) is 52.3. The Kier molecular flexibility index (Phi) is 53.1. The lowest BCUT2D eigenvalue weighted by Gasteiger charge is -2.27. The maximum absolute atomic E-state index is 11.1. The van der Waals surface area contributed by atoms with Crippen LogP contribution >= 0.6 is 0 Å². The van der Waals surface area contributed by atoms with Crippen molar-refractivity contribution in [2.24, 2.45) is 0 Å². The van der Waals surface area contributed by atoms with E-state index in [0.29, 0.717) is 0 Å². The Morgan fingerprint density at radius 3 is 0.438 bits per heavy atom. The molecule has 0 radical (unpaired) electrons. The van der Waals surface area contributed by atoms with Gasteiger partial charge in [-0.3, -0.25) is 0 Å². The zero-order valence-electron chi connectivity index (χ0n) is 72.2. The molecule has 4 amide bonds. The maximum Gasteiger partial charge on any atom is 0.408 e. The first-order valence-electron chi connectivity index (χ1n) is 43.3. The summed E-state index contributed by atoms with van der Waals surface area (Å²) < 4.78 is 19.3. The van der Waals surface area contributed by atoms with E-state index in [0.717, 1.165) is 48.3 Å². The SMILES string of the molecule is C1CCC([NH2+]C2CCCCC2)CC1.C1CCC([NH2+]C2CCCCC2)CC1.C1CCC([NH2+]C2CCCCC2)CC1.C1CCC([NH2+]C2CCCCC2)CC1.C[C@@H](O)[C@H](NC(=O)OC(C)(C)C)C(=O)[O-].C[C@@H](O)[C@H](NC(=O)OC(C)(C)C)C(=O)[O-].C[C@@H](O)[C@H](NC(=O)OC(C)(C)C)C(=O)[O-].C[C@@H](O)[C@H](NC(=O)OC(C)(C)C)C(=O)[O-]. The van der Waals surface area contributed by atoms with Gasteiger partial charge in [0.25, 0.3) is 0 Å². The summed E-state index contributed by atoms with van der Waals surface area (Å²) in [5.74, 6) is -6.24. The highest BCUT2D eigenvalue weighted by molar-refractivity contribution is 5.81. The van der Waals surface area contributed by atoms with Crippen molar-refractivity contribution in [3.8, 4) is 0 Å². The van der Waals surface area contributed by atoms with Crippen LogP contribution in [-0.4, -0.2) is 188 Å². The number of ether oxygens (including phenoxy) is 4. The molecule has 28 nitrogen and oxygen atoms in total. The van der Waals surface area contributed by atoms with E-state index in [1.54, 1.807) is 83.1 Å². The summed E-state index contributed by atoms with van der Waals surface area (Å²) in [7, 11) is 0. The van der Waals surface area contributed by atoms with Crippen LogP contribution < -0.4 is 63.0 Å². The number of aliphatic hydroxyl groups excluding tert-OH is 4. The van der Waals surface area contributed by atoms with Crippen LogP contribution in [0.1, 0.15) is 368 Å². The summed E-state index contributed by atoms with van der Waals surface area (Å²) in [6.07, 6.45) is 51.2. The Hall–Kier alpha value is -5.36. The molecule has 16 N–H and O–H groups in total. The summed E-state index contributed by atoms with van der Waals surface area (Å²) in [6, 6.07) is 2.09. The number of hydrogen-bond acceptors (Lipinski definition) is 20. The van der Waals surface area contributed by atoms with Gasteiger partial charge in [0.15, 0.2) is 0 Å². The van der Waals surface area contributed by atoms with Crippen LogP contribution in [0.3, 0.4) is 0 Å². The molecule has 0 aromatic rings. The Balaban J connectivity index is 0.000000640. The van der Waals surface area contributed by atoms with Gasteiger partial charge in [-0.1, -0.05) is 51.4 Å². The summed E-state index contributed by atoms with van der Waals surface area (Å²) in [5.41, 5.74) is -2.89. The van der Waals surface area contributed by atoms with Gasteiger partial charge >= 0.3 is 24.4 Å². The molecule has 0 unspecified atom stereocenters. The third-order valence-electron chi connectivity index (χ3n) is 21.0. The fourth-order valence-corrected chi connectivity index (χ4v) is 15.4. The van der Waals surface area contributed by atoms with Crippen molar-refractivity contribution in [2.75, 3.05) is 0 Å². The Bertz CT molecular complexity index is 2140.